The maximum Gasteiger partial charge on any atom is 0.0280 e. The van der Waals surface area contributed by atoms with E-state index in [1.54, 1.807) is 0 Å². The lowest BCUT2D eigenvalue weighted by Gasteiger charge is -2.03. The normalized spacial score (nSPS) is 10.8. The highest BCUT2D eigenvalue weighted by Crippen LogP contribution is 2.21. The summed E-state index contributed by atoms with van der Waals surface area (Å²) in [4.78, 5) is 0. The second kappa shape index (κ2) is 4.14. The van der Waals surface area contributed by atoms with Crippen LogP contribution in [0.25, 0.3) is 16.7 Å². The highest BCUT2D eigenvalue weighted by Gasteiger charge is 1.96. The standard InChI is InChI=1S/C15H14/c1-12(2)13-8-10-15(11-9-13)14-6-4-3-5-7-14/h3-11H,1H2,2H3/i2D. The first-order chi connectivity index (χ1) is 7.81. The molecular weight excluding hydrogens is 180 g/mol. The van der Waals surface area contributed by atoms with Crippen molar-refractivity contribution in [2.24, 2.45) is 0 Å². The van der Waals surface area contributed by atoms with Gasteiger partial charge in [-0.1, -0.05) is 66.7 Å². The van der Waals surface area contributed by atoms with Crippen molar-refractivity contribution in [1.82, 2.24) is 0 Å². The summed E-state index contributed by atoms with van der Waals surface area (Å²) in [5, 5.41) is 0. The second-order valence-corrected chi connectivity index (χ2v) is 3.55. The van der Waals surface area contributed by atoms with Crippen LogP contribution in [0.1, 0.15) is 13.8 Å². The van der Waals surface area contributed by atoms with Gasteiger partial charge in [-0.15, -0.1) is 0 Å². The monoisotopic (exact) mass is 195 g/mol. The molecule has 0 nitrogen and oxygen atoms in total. The van der Waals surface area contributed by atoms with Crippen molar-refractivity contribution in [2.75, 3.05) is 0 Å². The van der Waals surface area contributed by atoms with E-state index >= 15 is 0 Å². The molecule has 0 spiro atoms. The summed E-state index contributed by atoms with van der Waals surface area (Å²) in [6.07, 6.45) is 0. The summed E-state index contributed by atoms with van der Waals surface area (Å²) in [5.74, 6) is 0. The quantitative estimate of drug-likeness (QED) is 0.666. The molecule has 74 valence electrons. The molecule has 0 aliphatic heterocycles. The largest absolute Gasteiger partial charge is 0.0955 e. The van der Waals surface area contributed by atoms with Gasteiger partial charge in [0.1, 0.15) is 0 Å². The molecule has 0 unspecified atom stereocenters. The first kappa shape index (κ1) is 8.49. The molecule has 0 fully saturated rings. The van der Waals surface area contributed by atoms with Gasteiger partial charge >= 0.3 is 0 Å². The van der Waals surface area contributed by atoms with Crippen LogP contribution in [0.4, 0.5) is 0 Å². The molecule has 2 rings (SSSR count). The smallest absolute Gasteiger partial charge is 0.0280 e. The van der Waals surface area contributed by atoms with Crippen molar-refractivity contribution < 1.29 is 1.37 Å². The first-order valence-electron chi connectivity index (χ1n) is 5.65. The van der Waals surface area contributed by atoms with Crippen LogP contribution >= 0.6 is 0 Å². The van der Waals surface area contributed by atoms with Gasteiger partial charge in [-0.2, -0.15) is 0 Å². The minimum atomic E-state index is 0.255. The fraction of sp³-hybridized carbons (Fsp3) is 0.0667. The minimum Gasteiger partial charge on any atom is -0.0955 e. The Labute approximate surface area is 92.3 Å². The lowest BCUT2D eigenvalue weighted by Crippen LogP contribution is -1.80. The Morgan fingerprint density at radius 1 is 0.933 bits per heavy atom. The molecule has 2 aromatic rings. The Balaban J connectivity index is 2.30. The van der Waals surface area contributed by atoms with Gasteiger partial charge < -0.3 is 0 Å². The van der Waals surface area contributed by atoms with E-state index in [4.69, 9.17) is 1.37 Å². The van der Waals surface area contributed by atoms with Crippen LogP contribution in [0.15, 0.2) is 61.2 Å². The lowest BCUT2D eigenvalue weighted by atomic mass is 10.0. The summed E-state index contributed by atoms with van der Waals surface area (Å²) in [5.41, 5.74) is 4.32. The third-order valence-electron chi connectivity index (χ3n) is 2.40. The number of rotatable bonds is 2. The summed E-state index contributed by atoms with van der Waals surface area (Å²) in [6.45, 7) is 4.11. The van der Waals surface area contributed by atoms with Crippen LogP contribution in [0.2, 0.25) is 0 Å². The summed E-state index contributed by atoms with van der Waals surface area (Å²) >= 11 is 0. The summed E-state index contributed by atoms with van der Waals surface area (Å²) in [6, 6.07) is 18.5. The molecule has 0 atom stereocenters. The van der Waals surface area contributed by atoms with Crippen LogP contribution in [0.3, 0.4) is 0 Å². The molecule has 0 radical (unpaired) electrons. The van der Waals surface area contributed by atoms with Gasteiger partial charge in [-0.05, 0) is 23.6 Å². The van der Waals surface area contributed by atoms with Gasteiger partial charge in [0, 0.05) is 1.37 Å². The highest BCUT2D eigenvalue weighted by atomic mass is 14.0. The summed E-state index contributed by atoms with van der Waals surface area (Å²) in [7, 11) is 0. The number of hydrogen-bond donors (Lipinski definition) is 0. The van der Waals surface area contributed by atoms with Crippen LogP contribution in [-0.2, 0) is 0 Å². The Morgan fingerprint density at radius 2 is 1.53 bits per heavy atom. The topological polar surface area (TPSA) is 0 Å². The second-order valence-electron chi connectivity index (χ2n) is 3.55. The maximum absolute atomic E-state index is 7.26. The molecule has 0 amide bonds. The zero-order chi connectivity index (χ0) is 11.4. The fourth-order valence-electron chi connectivity index (χ4n) is 1.53. The van der Waals surface area contributed by atoms with Gasteiger partial charge in [0.15, 0.2) is 0 Å². The van der Waals surface area contributed by atoms with E-state index in [0.717, 1.165) is 11.1 Å². The molecule has 0 aliphatic rings. The molecule has 0 heterocycles. The van der Waals surface area contributed by atoms with Crippen molar-refractivity contribution in [3.05, 3.63) is 66.7 Å². The molecule has 15 heavy (non-hydrogen) atoms. The highest BCUT2D eigenvalue weighted by molar-refractivity contribution is 5.68. The molecule has 0 heteroatoms. The average molecular weight is 195 g/mol. The van der Waals surface area contributed by atoms with Gasteiger partial charge in [0.05, 0.1) is 0 Å². The molecule has 0 aromatic heterocycles. The van der Waals surface area contributed by atoms with E-state index in [0.29, 0.717) is 0 Å². The number of hydrogen-bond acceptors (Lipinski definition) is 0. The van der Waals surface area contributed by atoms with Gasteiger partial charge in [0.2, 0.25) is 0 Å². The Kier molecular flexibility index (Phi) is 2.34. The minimum absolute atomic E-state index is 0.255. The van der Waals surface area contributed by atoms with E-state index in [9.17, 15) is 0 Å². The van der Waals surface area contributed by atoms with E-state index in [1.807, 2.05) is 30.3 Å². The average Bonchev–Trinajstić information content (AvgIpc) is 2.39. The van der Waals surface area contributed by atoms with Crippen molar-refractivity contribution in [1.29, 1.82) is 0 Å². The number of benzene rings is 2. The van der Waals surface area contributed by atoms with Crippen LogP contribution in [0, 0.1) is 0 Å². The molecule has 0 bridgehead atoms. The third kappa shape index (κ3) is 2.16. The van der Waals surface area contributed by atoms with Crippen molar-refractivity contribution in [3.8, 4) is 11.1 Å². The Morgan fingerprint density at radius 3 is 2.13 bits per heavy atom. The van der Waals surface area contributed by atoms with E-state index in [2.05, 4.69) is 30.8 Å². The van der Waals surface area contributed by atoms with Crippen LogP contribution in [0.5, 0.6) is 0 Å². The van der Waals surface area contributed by atoms with Gasteiger partial charge in [0.25, 0.3) is 0 Å². The van der Waals surface area contributed by atoms with Crippen molar-refractivity contribution in [2.45, 2.75) is 6.90 Å². The molecule has 0 saturated heterocycles. The van der Waals surface area contributed by atoms with E-state index < -0.39 is 0 Å². The lowest BCUT2D eigenvalue weighted by molar-refractivity contribution is 1.56. The predicted molar refractivity (Wildman–Crippen MR) is 66.6 cm³/mol. The van der Waals surface area contributed by atoms with E-state index in [1.165, 1.54) is 11.1 Å². The van der Waals surface area contributed by atoms with Crippen molar-refractivity contribution in [3.63, 3.8) is 0 Å². The van der Waals surface area contributed by atoms with E-state index in [-0.39, 0.29) is 6.90 Å². The van der Waals surface area contributed by atoms with Crippen LogP contribution in [-0.4, -0.2) is 0 Å². The zero-order valence-corrected chi connectivity index (χ0v) is 8.61. The molecule has 0 saturated carbocycles. The third-order valence-corrected chi connectivity index (χ3v) is 2.40. The molecule has 2 aromatic carbocycles. The number of allylic oxidation sites excluding steroid dienone is 1. The molecule has 0 N–H and O–H groups in total. The van der Waals surface area contributed by atoms with Crippen molar-refractivity contribution >= 4 is 5.57 Å². The molecular formula is C15H14. The van der Waals surface area contributed by atoms with Gasteiger partial charge in [-0.3, -0.25) is 0 Å². The predicted octanol–water partition coefficient (Wildman–Crippen LogP) is 4.39. The maximum atomic E-state index is 7.26. The SMILES string of the molecule is [2H]CC(=C)c1ccc(-c2ccccc2)cc1. The molecule has 0 aliphatic carbocycles. The Hall–Kier alpha value is -1.82. The Bertz CT molecular complexity index is 469. The first-order valence-corrected chi connectivity index (χ1v) is 4.94. The zero-order valence-electron chi connectivity index (χ0n) is 9.61. The fourth-order valence-corrected chi connectivity index (χ4v) is 1.53. The summed E-state index contributed by atoms with van der Waals surface area (Å²) < 4.78 is 7.26. The van der Waals surface area contributed by atoms with Crippen LogP contribution < -0.4 is 0 Å². The van der Waals surface area contributed by atoms with Gasteiger partial charge in [-0.25, -0.2) is 0 Å².